The summed E-state index contributed by atoms with van der Waals surface area (Å²) in [7, 11) is -1.12. The number of hydroxylamine groups is 1. The first-order valence-electron chi connectivity index (χ1n) is 3.73. The molecule has 2 N–H and O–H groups in total. The van der Waals surface area contributed by atoms with Gasteiger partial charge >= 0.3 is 0 Å². The van der Waals surface area contributed by atoms with Crippen LogP contribution in [0.15, 0.2) is 23.4 Å². The maximum absolute atomic E-state index is 11.6. The quantitative estimate of drug-likeness (QED) is 0.711. The number of nitrogen functional groups attached to an aromatic ring is 1. The van der Waals surface area contributed by atoms with Crippen LogP contribution in [0.2, 0.25) is 0 Å². The van der Waals surface area contributed by atoms with Crippen molar-refractivity contribution in [2.45, 2.75) is 5.03 Å². The SMILES string of the molecule is CON(C)S(=O)(=O)c1ccc(N)cn1. The Morgan fingerprint density at radius 1 is 1.50 bits per heavy atom. The molecule has 0 aliphatic heterocycles. The van der Waals surface area contributed by atoms with Crippen LogP contribution in [0.1, 0.15) is 0 Å². The third-order valence-electron chi connectivity index (χ3n) is 1.62. The van der Waals surface area contributed by atoms with E-state index in [1.807, 2.05) is 0 Å². The molecule has 0 aromatic carbocycles. The van der Waals surface area contributed by atoms with Gasteiger partial charge in [-0.1, -0.05) is 4.47 Å². The van der Waals surface area contributed by atoms with Crippen LogP contribution in [0.4, 0.5) is 5.69 Å². The number of sulfonamides is 1. The third kappa shape index (κ3) is 2.00. The minimum absolute atomic E-state index is 0.101. The second kappa shape index (κ2) is 3.91. The number of pyridine rings is 1. The molecule has 0 atom stereocenters. The largest absolute Gasteiger partial charge is 0.397 e. The molecule has 7 heteroatoms. The molecule has 0 saturated carbocycles. The van der Waals surface area contributed by atoms with Gasteiger partial charge in [0.2, 0.25) is 0 Å². The van der Waals surface area contributed by atoms with E-state index < -0.39 is 10.0 Å². The highest BCUT2D eigenvalue weighted by Gasteiger charge is 2.21. The van der Waals surface area contributed by atoms with Crippen LogP contribution in [-0.2, 0) is 14.9 Å². The van der Waals surface area contributed by atoms with E-state index in [-0.39, 0.29) is 5.03 Å². The highest BCUT2D eigenvalue weighted by molar-refractivity contribution is 7.88. The van der Waals surface area contributed by atoms with Crippen molar-refractivity contribution < 1.29 is 13.3 Å². The molecule has 0 aliphatic carbocycles. The molecule has 0 bridgehead atoms. The summed E-state index contributed by atoms with van der Waals surface area (Å²) in [5, 5.41) is -0.101. The van der Waals surface area contributed by atoms with Gasteiger partial charge < -0.3 is 5.73 Å². The Hall–Kier alpha value is -1.18. The molecule has 0 fully saturated rings. The van der Waals surface area contributed by atoms with E-state index in [1.54, 1.807) is 0 Å². The van der Waals surface area contributed by atoms with Gasteiger partial charge in [-0.2, -0.15) is 0 Å². The van der Waals surface area contributed by atoms with Gasteiger partial charge in [-0.25, -0.2) is 13.4 Å². The molecule has 1 heterocycles. The smallest absolute Gasteiger partial charge is 0.282 e. The zero-order valence-electron chi connectivity index (χ0n) is 7.84. The monoisotopic (exact) mass is 217 g/mol. The Bertz CT molecular complexity index is 401. The maximum Gasteiger partial charge on any atom is 0.282 e. The molecule has 1 aromatic rings. The van der Waals surface area contributed by atoms with Gasteiger partial charge in [0.05, 0.1) is 19.0 Å². The highest BCUT2D eigenvalue weighted by Crippen LogP contribution is 2.12. The van der Waals surface area contributed by atoms with Gasteiger partial charge in [-0.15, -0.1) is 0 Å². The summed E-state index contributed by atoms with van der Waals surface area (Å²) in [5.41, 5.74) is 5.78. The van der Waals surface area contributed by atoms with Crippen molar-refractivity contribution in [2.24, 2.45) is 0 Å². The molecule has 0 aliphatic rings. The van der Waals surface area contributed by atoms with Crippen LogP contribution < -0.4 is 5.73 Å². The molecule has 0 radical (unpaired) electrons. The minimum Gasteiger partial charge on any atom is -0.397 e. The first-order chi connectivity index (χ1) is 6.48. The van der Waals surface area contributed by atoms with Crippen molar-refractivity contribution >= 4 is 15.7 Å². The molecule has 1 aromatic heterocycles. The van der Waals surface area contributed by atoms with Crippen LogP contribution in [0.3, 0.4) is 0 Å². The Labute approximate surface area is 82.3 Å². The van der Waals surface area contributed by atoms with Crippen LogP contribution >= 0.6 is 0 Å². The van der Waals surface area contributed by atoms with E-state index in [9.17, 15) is 8.42 Å². The van der Waals surface area contributed by atoms with E-state index in [0.29, 0.717) is 5.69 Å². The third-order valence-corrected chi connectivity index (χ3v) is 3.22. The number of hydrogen-bond acceptors (Lipinski definition) is 5. The summed E-state index contributed by atoms with van der Waals surface area (Å²) in [4.78, 5) is 8.26. The summed E-state index contributed by atoms with van der Waals surface area (Å²) in [6, 6.07) is 2.78. The Morgan fingerprint density at radius 3 is 2.57 bits per heavy atom. The van der Waals surface area contributed by atoms with Crippen LogP contribution in [0.5, 0.6) is 0 Å². The molecule has 0 spiro atoms. The number of nitrogens with zero attached hydrogens (tertiary/aromatic N) is 2. The predicted molar refractivity (Wildman–Crippen MR) is 50.6 cm³/mol. The molecule has 0 unspecified atom stereocenters. The van der Waals surface area contributed by atoms with E-state index >= 15 is 0 Å². The van der Waals surface area contributed by atoms with Crippen molar-refractivity contribution in [1.82, 2.24) is 9.45 Å². The van der Waals surface area contributed by atoms with Crippen LogP contribution in [-0.4, -0.2) is 32.0 Å². The summed E-state index contributed by atoms with van der Waals surface area (Å²) < 4.78 is 23.9. The minimum atomic E-state index is -3.66. The van der Waals surface area contributed by atoms with Crippen molar-refractivity contribution in [2.75, 3.05) is 19.9 Å². The molecule has 0 amide bonds. The number of hydrogen-bond donors (Lipinski definition) is 1. The van der Waals surface area contributed by atoms with Gasteiger partial charge in [0.15, 0.2) is 5.03 Å². The Balaban J connectivity index is 3.11. The summed E-state index contributed by atoms with van der Waals surface area (Å²) in [6.45, 7) is 0. The first kappa shape index (κ1) is 10.9. The first-order valence-corrected chi connectivity index (χ1v) is 5.17. The fraction of sp³-hybridized carbons (Fsp3) is 0.286. The molecular formula is C7H11N3O3S. The van der Waals surface area contributed by atoms with Crippen LogP contribution in [0.25, 0.3) is 0 Å². The molecule has 0 saturated heterocycles. The van der Waals surface area contributed by atoms with E-state index in [1.165, 1.54) is 32.5 Å². The van der Waals surface area contributed by atoms with Crippen molar-refractivity contribution in [1.29, 1.82) is 0 Å². The fourth-order valence-electron chi connectivity index (χ4n) is 0.774. The number of nitrogens with two attached hydrogens (primary N) is 1. The molecule has 78 valence electrons. The topological polar surface area (TPSA) is 85.5 Å². The molecule has 14 heavy (non-hydrogen) atoms. The molecular weight excluding hydrogens is 206 g/mol. The second-order valence-corrected chi connectivity index (χ2v) is 4.41. The predicted octanol–water partition coefficient (Wildman–Crippen LogP) is -0.154. The summed E-state index contributed by atoms with van der Waals surface area (Å²) >= 11 is 0. The van der Waals surface area contributed by atoms with E-state index in [0.717, 1.165) is 4.47 Å². The fourth-order valence-corrected chi connectivity index (χ4v) is 1.66. The van der Waals surface area contributed by atoms with Crippen molar-refractivity contribution in [3.8, 4) is 0 Å². The highest BCUT2D eigenvalue weighted by atomic mass is 32.2. The molecule has 6 nitrogen and oxygen atoms in total. The Morgan fingerprint density at radius 2 is 2.14 bits per heavy atom. The average Bonchev–Trinajstić information content (AvgIpc) is 2.17. The standard InChI is InChI=1S/C7H11N3O3S/c1-10(13-2)14(11,12)7-4-3-6(8)5-9-7/h3-5H,8H2,1-2H3. The lowest BCUT2D eigenvalue weighted by Crippen LogP contribution is -2.26. The zero-order valence-corrected chi connectivity index (χ0v) is 8.65. The lowest BCUT2D eigenvalue weighted by atomic mass is 10.4. The zero-order chi connectivity index (χ0) is 10.8. The van der Waals surface area contributed by atoms with E-state index in [4.69, 9.17) is 5.73 Å². The van der Waals surface area contributed by atoms with Crippen molar-refractivity contribution in [3.05, 3.63) is 18.3 Å². The summed E-state index contributed by atoms with van der Waals surface area (Å²) in [5.74, 6) is 0. The lowest BCUT2D eigenvalue weighted by molar-refractivity contribution is -0.0260. The number of aromatic nitrogens is 1. The van der Waals surface area contributed by atoms with Gasteiger partial charge in [0, 0.05) is 7.05 Å². The van der Waals surface area contributed by atoms with Gasteiger partial charge in [-0.3, -0.25) is 4.84 Å². The van der Waals surface area contributed by atoms with Gasteiger partial charge in [0.1, 0.15) is 0 Å². The second-order valence-electron chi connectivity index (χ2n) is 2.53. The maximum atomic E-state index is 11.6. The lowest BCUT2D eigenvalue weighted by Gasteiger charge is -2.12. The van der Waals surface area contributed by atoms with Gasteiger partial charge in [0.25, 0.3) is 10.0 Å². The Kier molecular flexibility index (Phi) is 3.04. The van der Waals surface area contributed by atoms with Gasteiger partial charge in [-0.05, 0) is 12.1 Å². The van der Waals surface area contributed by atoms with Crippen LogP contribution in [0, 0.1) is 0 Å². The van der Waals surface area contributed by atoms with E-state index in [2.05, 4.69) is 9.82 Å². The summed E-state index contributed by atoms with van der Waals surface area (Å²) in [6.07, 6.45) is 1.27. The average molecular weight is 217 g/mol. The van der Waals surface area contributed by atoms with Crippen molar-refractivity contribution in [3.63, 3.8) is 0 Å². The number of anilines is 1. The molecule has 1 rings (SSSR count). The normalized spacial score (nSPS) is 11.9. The number of rotatable bonds is 3.